The maximum Gasteiger partial charge on any atom is 0.233 e. The number of amides is 1. The average Bonchev–Trinajstić information content (AvgIpc) is 2.85. The molecule has 1 heterocycles. The number of hydrogen-bond donors (Lipinski definition) is 2. The van der Waals surface area contributed by atoms with Crippen LogP contribution in [0.4, 0.5) is 5.13 Å². The Morgan fingerprint density at radius 2 is 2.22 bits per heavy atom. The molecule has 1 aromatic heterocycles. The zero-order valence-electron chi connectivity index (χ0n) is 10.9. The molecule has 4 nitrogen and oxygen atoms in total. The van der Waals surface area contributed by atoms with Crippen molar-refractivity contribution < 1.29 is 4.79 Å². The SMILES string of the molecule is CC(C)(C)c1csc(NC(=O)C2C=CC(N)C2)n1. The van der Waals surface area contributed by atoms with E-state index in [2.05, 4.69) is 31.1 Å². The lowest BCUT2D eigenvalue weighted by Gasteiger charge is -2.14. The van der Waals surface area contributed by atoms with Gasteiger partial charge >= 0.3 is 0 Å². The van der Waals surface area contributed by atoms with E-state index in [1.54, 1.807) is 0 Å². The van der Waals surface area contributed by atoms with Crippen LogP contribution in [-0.4, -0.2) is 16.9 Å². The predicted octanol–water partition coefficient (Wildman–Crippen LogP) is 2.28. The lowest BCUT2D eigenvalue weighted by atomic mass is 9.93. The Morgan fingerprint density at radius 3 is 2.72 bits per heavy atom. The zero-order chi connectivity index (χ0) is 13.3. The summed E-state index contributed by atoms with van der Waals surface area (Å²) in [4.78, 5) is 16.4. The average molecular weight is 265 g/mol. The second-order valence-corrected chi connectivity index (χ2v) is 6.53. The number of carbonyl (C=O) groups is 1. The third kappa shape index (κ3) is 2.97. The predicted molar refractivity (Wildman–Crippen MR) is 74.7 cm³/mol. The monoisotopic (exact) mass is 265 g/mol. The van der Waals surface area contributed by atoms with E-state index in [0.717, 1.165) is 5.69 Å². The molecule has 0 saturated heterocycles. The van der Waals surface area contributed by atoms with Crippen molar-refractivity contribution in [2.45, 2.75) is 38.6 Å². The van der Waals surface area contributed by atoms with Crippen LogP contribution in [-0.2, 0) is 10.2 Å². The molecular formula is C13H19N3OS. The van der Waals surface area contributed by atoms with Crippen LogP contribution in [0.3, 0.4) is 0 Å². The van der Waals surface area contributed by atoms with E-state index in [9.17, 15) is 4.79 Å². The van der Waals surface area contributed by atoms with Gasteiger partial charge in [-0.1, -0.05) is 32.9 Å². The fourth-order valence-corrected chi connectivity index (χ4v) is 2.74. The lowest BCUT2D eigenvalue weighted by molar-refractivity contribution is -0.118. The van der Waals surface area contributed by atoms with Gasteiger partial charge < -0.3 is 11.1 Å². The Labute approximate surface area is 111 Å². The molecule has 1 aliphatic carbocycles. The molecule has 0 saturated carbocycles. The first-order chi connectivity index (χ1) is 8.36. The molecule has 2 unspecified atom stereocenters. The van der Waals surface area contributed by atoms with E-state index in [1.165, 1.54) is 11.3 Å². The van der Waals surface area contributed by atoms with E-state index in [1.807, 2.05) is 17.5 Å². The van der Waals surface area contributed by atoms with Crippen LogP contribution in [0, 0.1) is 5.92 Å². The molecule has 5 heteroatoms. The summed E-state index contributed by atoms with van der Waals surface area (Å²) in [5, 5.41) is 5.52. The molecule has 1 aromatic rings. The normalized spacial score (nSPS) is 23.3. The summed E-state index contributed by atoms with van der Waals surface area (Å²) in [6, 6.07) is 0.00202. The molecule has 2 atom stereocenters. The van der Waals surface area contributed by atoms with Crippen molar-refractivity contribution in [2.75, 3.05) is 5.32 Å². The van der Waals surface area contributed by atoms with Crippen molar-refractivity contribution in [2.24, 2.45) is 11.7 Å². The van der Waals surface area contributed by atoms with Crippen LogP contribution >= 0.6 is 11.3 Å². The van der Waals surface area contributed by atoms with Gasteiger partial charge in [-0.3, -0.25) is 4.79 Å². The second kappa shape index (κ2) is 4.82. The summed E-state index contributed by atoms with van der Waals surface area (Å²) in [6.45, 7) is 6.31. The van der Waals surface area contributed by atoms with Crippen molar-refractivity contribution in [3.8, 4) is 0 Å². The van der Waals surface area contributed by atoms with Crippen molar-refractivity contribution in [1.29, 1.82) is 0 Å². The van der Waals surface area contributed by atoms with Gasteiger partial charge in [0.1, 0.15) is 0 Å². The van der Waals surface area contributed by atoms with Gasteiger partial charge in [-0.2, -0.15) is 0 Å². The van der Waals surface area contributed by atoms with Crippen molar-refractivity contribution in [1.82, 2.24) is 4.98 Å². The van der Waals surface area contributed by atoms with Crippen LogP contribution in [0.25, 0.3) is 0 Å². The lowest BCUT2D eigenvalue weighted by Crippen LogP contribution is -2.24. The minimum Gasteiger partial charge on any atom is -0.324 e. The number of aromatic nitrogens is 1. The Kier molecular flexibility index (Phi) is 3.54. The Balaban J connectivity index is 2.00. The fraction of sp³-hybridized carbons (Fsp3) is 0.538. The highest BCUT2D eigenvalue weighted by Gasteiger charge is 2.24. The van der Waals surface area contributed by atoms with E-state index in [4.69, 9.17) is 5.73 Å². The number of anilines is 1. The topological polar surface area (TPSA) is 68.0 Å². The minimum atomic E-state index is -0.123. The van der Waals surface area contributed by atoms with Gasteiger partial charge in [0.2, 0.25) is 5.91 Å². The van der Waals surface area contributed by atoms with Crippen LogP contribution in [0.15, 0.2) is 17.5 Å². The van der Waals surface area contributed by atoms with E-state index < -0.39 is 0 Å². The van der Waals surface area contributed by atoms with Gasteiger partial charge in [-0.15, -0.1) is 11.3 Å². The van der Waals surface area contributed by atoms with E-state index in [-0.39, 0.29) is 23.3 Å². The highest BCUT2D eigenvalue weighted by Crippen LogP contribution is 2.27. The van der Waals surface area contributed by atoms with E-state index in [0.29, 0.717) is 11.6 Å². The van der Waals surface area contributed by atoms with Crippen molar-refractivity contribution in [3.05, 3.63) is 23.2 Å². The molecule has 0 bridgehead atoms. The third-order valence-electron chi connectivity index (χ3n) is 2.96. The number of nitrogens with zero attached hydrogens (tertiary/aromatic N) is 1. The molecule has 0 aromatic carbocycles. The van der Waals surface area contributed by atoms with Crippen LogP contribution in [0.5, 0.6) is 0 Å². The number of rotatable bonds is 2. The largest absolute Gasteiger partial charge is 0.324 e. The smallest absolute Gasteiger partial charge is 0.233 e. The number of carbonyl (C=O) groups excluding carboxylic acids is 1. The van der Waals surface area contributed by atoms with Gasteiger partial charge in [-0.25, -0.2) is 4.98 Å². The molecule has 2 rings (SSSR count). The number of hydrogen-bond acceptors (Lipinski definition) is 4. The van der Waals surface area contributed by atoms with Gasteiger partial charge in [0.25, 0.3) is 0 Å². The summed E-state index contributed by atoms with van der Waals surface area (Å²) in [7, 11) is 0. The molecular weight excluding hydrogens is 246 g/mol. The number of nitrogens with two attached hydrogens (primary N) is 1. The summed E-state index contributed by atoms with van der Waals surface area (Å²) in [5.41, 5.74) is 6.75. The van der Waals surface area contributed by atoms with E-state index >= 15 is 0 Å². The Morgan fingerprint density at radius 1 is 1.50 bits per heavy atom. The molecule has 0 aliphatic heterocycles. The highest BCUT2D eigenvalue weighted by molar-refractivity contribution is 7.13. The first-order valence-corrected chi connectivity index (χ1v) is 6.95. The molecule has 1 aliphatic rings. The molecule has 3 N–H and O–H groups in total. The summed E-state index contributed by atoms with van der Waals surface area (Å²) >= 11 is 1.47. The summed E-state index contributed by atoms with van der Waals surface area (Å²) in [6.07, 6.45) is 4.44. The van der Waals surface area contributed by atoms with Crippen LogP contribution in [0.1, 0.15) is 32.9 Å². The number of nitrogens with one attached hydrogen (secondary N) is 1. The fourth-order valence-electron chi connectivity index (χ4n) is 1.80. The Bertz CT molecular complexity index is 473. The third-order valence-corrected chi connectivity index (χ3v) is 3.71. The van der Waals surface area contributed by atoms with Gasteiger partial charge in [-0.05, 0) is 6.42 Å². The molecule has 0 radical (unpaired) electrons. The maximum absolute atomic E-state index is 12.0. The first kappa shape index (κ1) is 13.2. The summed E-state index contributed by atoms with van der Waals surface area (Å²) < 4.78 is 0. The van der Waals surface area contributed by atoms with Crippen molar-refractivity contribution in [3.63, 3.8) is 0 Å². The highest BCUT2D eigenvalue weighted by atomic mass is 32.1. The zero-order valence-corrected chi connectivity index (χ0v) is 11.8. The van der Waals surface area contributed by atoms with Gasteiger partial charge in [0.05, 0.1) is 11.6 Å². The molecule has 98 valence electrons. The molecule has 0 fully saturated rings. The molecule has 0 spiro atoms. The summed E-state index contributed by atoms with van der Waals surface area (Å²) in [5.74, 6) is -0.143. The molecule has 1 amide bonds. The van der Waals surface area contributed by atoms with Crippen molar-refractivity contribution >= 4 is 22.4 Å². The quantitative estimate of drug-likeness (QED) is 0.806. The van der Waals surface area contributed by atoms with Gasteiger partial charge in [0.15, 0.2) is 5.13 Å². The number of thiazole rings is 1. The molecule has 18 heavy (non-hydrogen) atoms. The van der Waals surface area contributed by atoms with Crippen LogP contribution in [0.2, 0.25) is 0 Å². The van der Waals surface area contributed by atoms with Gasteiger partial charge in [0, 0.05) is 16.8 Å². The van der Waals surface area contributed by atoms with Crippen LogP contribution < -0.4 is 11.1 Å². The maximum atomic E-state index is 12.0. The minimum absolute atomic E-state index is 0.00202. The Hall–Kier alpha value is -1.20. The second-order valence-electron chi connectivity index (χ2n) is 5.67. The first-order valence-electron chi connectivity index (χ1n) is 6.07. The standard InChI is InChI=1S/C13H19N3OS/c1-13(2,3)10-7-18-12(15-10)16-11(17)8-4-5-9(14)6-8/h4-5,7-9H,6,14H2,1-3H3,(H,15,16,17).